The van der Waals surface area contributed by atoms with Crippen LogP contribution in [0.15, 0.2) is 18.2 Å². The lowest BCUT2D eigenvalue weighted by molar-refractivity contribution is -0.239. The van der Waals surface area contributed by atoms with Crippen molar-refractivity contribution in [1.29, 1.82) is 0 Å². The van der Waals surface area contributed by atoms with Crippen LogP contribution in [-0.4, -0.2) is 65.2 Å². The minimum absolute atomic E-state index is 0.103. The van der Waals surface area contributed by atoms with Gasteiger partial charge >= 0.3 is 5.97 Å². The molecule has 8 nitrogen and oxygen atoms in total. The topological polar surface area (TPSA) is 115 Å². The van der Waals surface area contributed by atoms with E-state index in [2.05, 4.69) is 0 Å². The molecule has 2 aliphatic heterocycles. The molecule has 1 aromatic carbocycles. The van der Waals surface area contributed by atoms with Crippen molar-refractivity contribution < 1.29 is 39.1 Å². The lowest BCUT2D eigenvalue weighted by atomic mass is 10.00. The summed E-state index contributed by atoms with van der Waals surface area (Å²) in [5.41, 5.74) is 0.413. The van der Waals surface area contributed by atoms with Crippen molar-refractivity contribution in [3.63, 3.8) is 0 Å². The summed E-state index contributed by atoms with van der Waals surface area (Å²) in [4.78, 5) is 12.6. The van der Waals surface area contributed by atoms with Crippen LogP contribution in [0.3, 0.4) is 0 Å². The molecule has 0 aromatic heterocycles. The number of carbonyl (C=O) groups excluding carboxylic acids is 1. The first-order chi connectivity index (χ1) is 12.7. The number of methoxy groups -OCH3 is 1. The molecule has 0 amide bonds. The van der Waals surface area contributed by atoms with Gasteiger partial charge in [0.25, 0.3) is 0 Å². The third-order valence-corrected chi connectivity index (χ3v) is 4.54. The lowest BCUT2D eigenvalue weighted by Gasteiger charge is -2.35. The van der Waals surface area contributed by atoms with Gasteiger partial charge in [-0.25, -0.2) is 4.79 Å². The second-order valence-electron chi connectivity index (χ2n) is 7.11. The molecule has 3 rings (SSSR count). The van der Waals surface area contributed by atoms with Crippen LogP contribution in [0, 0.1) is 0 Å². The summed E-state index contributed by atoms with van der Waals surface area (Å²) in [6, 6.07) is 3.22. The van der Waals surface area contributed by atoms with Gasteiger partial charge in [-0.3, -0.25) is 0 Å². The highest BCUT2D eigenvalue weighted by Gasteiger charge is 2.38. The number of aliphatic hydroxyl groups is 3. The molecule has 0 saturated carbocycles. The van der Waals surface area contributed by atoms with E-state index in [1.165, 1.54) is 7.11 Å². The first-order valence-corrected chi connectivity index (χ1v) is 8.68. The summed E-state index contributed by atoms with van der Waals surface area (Å²) in [7, 11) is 1.43. The highest BCUT2D eigenvalue weighted by Crippen LogP contribution is 2.36. The predicted octanol–water partition coefficient (Wildman–Crippen LogP) is 0.865. The summed E-state index contributed by atoms with van der Waals surface area (Å²) in [5.74, 6) is 0.154. The second-order valence-corrected chi connectivity index (χ2v) is 7.11. The third-order valence-electron chi connectivity index (χ3n) is 4.54. The summed E-state index contributed by atoms with van der Waals surface area (Å²) in [6.45, 7) is 3.32. The van der Waals surface area contributed by atoms with Crippen LogP contribution in [0.4, 0.5) is 0 Å². The zero-order valence-electron chi connectivity index (χ0n) is 15.4. The standard InChI is InChI=1S/C19H24O8/c1-19(2)5-4-10-6-11(14(24-3)8-13(10)27-19)18(23)26-16-7-12(21)17(22)15(9-20)25-16/h4-6,8,12,15-17,20-22H,7,9H2,1-3H3/t12-,15+,16-,17+/m1/s1. The van der Waals surface area contributed by atoms with Gasteiger partial charge < -0.3 is 34.3 Å². The molecule has 148 valence electrons. The van der Waals surface area contributed by atoms with Crippen LogP contribution < -0.4 is 9.47 Å². The molecule has 0 aliphatic carbocycles. The van der Waals surface area contributed by atoms with Crippen molar-refractivity contribution in [3.05, 3.63) is 29.3 Å². The normalized spacial score (nSPS) is 28.8. The monoisotopic (exact) mass is 380 g/mol. The zero-order chi connectivity index (χ0) is 19.8. The van der Waals surface area contributed by atoms with Crippen LogP contribution in [0.1, 0.15) is 36.2 Å². The maximum Gasteiger partial charge on any atom is 0.344 e. The lowest BCUT2D eigenvalue weighted by Crippen LogP contribution is -2.50. The summed E-state index contributed by atoms with van der Waals surface area (Å²) < 4.78 is 21.8. The second kappa shape index (κ2) is 7.47. The van der Waals surface area contributed by atoms with Crippen LogP contribution in [0.2, 0.25) is 0 Å². The Morgan fingerprint density at radius 3 is 2.74 bits per heavy atom. The number of hydrogen-bond acceptors (Lipinski definition) is 8. The van der Waals surface area contributed by atoms with Crippen LogP contribution in [0.25, 0.3) is 6.08 Å². The number of benzene rings is 1. The maximum absolute atomic E-state index is 12.6. The minimum atomic E-state index is -1.24. The Morgan fingerprint density at radius 2 is 2.07 bits per heavy atom. The first-order valence-electron chi connectivity index (χ1n) is 8.68. The maximum atomic E-state index is 12.6. The molecule has 4 atom stereocenters. The number of rotatable bonds is 4. The molecule has 0 spiro atoms. The van der Waals surface area contributed by atoms with Gasteiger partial charge in [0.2, 0.25) is 6.29 Å². The quantitative estimate of drug-likeness (QED) is 0.659. The Kier molecular flexibility index (Phi) is 5.43. The van der Waals surface area contributed by atoms with Crippen LogP contribution in [0.5, 0.6) is 11.5 Å². The molecule has 3 N–H and O–H groups in total. The van der Waals surface area contributed by atoms with Crippen LogP contribution >= 0.6 is 0 Å². The Morgan fingerprint density at radius 1 is 1.33 bits per heavy atom. The van der Waals surface area contributed by atoms with Crippen molar-refractivity contribution >= 4 is 12.0 Å². The molecule has 0 bridgehead atoms. The predicted molar refractivity (Wildman–Crippen MR) is 94.5 cm³/mol. The molecular weight excluding hydrogens is 356 g/mol. The van der Waals surface area contributed by atoms with Crippen molar-refractivity contribution in [1.82, 2.24) is 0 Å². The van der Waals surface area contributed by atoms with Gasteiger partial charge in [-0.15, -0.1) is 0 Å². The summed E-state index contributed by atoms with van der Waals surface area (Å²) in [6.07, 6.45) is -0.909. The molecule has 8 heteroatoms. The smallest absolute Gasteiger partial charge is 0.344 e. The van der Waals surface area contributed by atoms with Gasteiger partial charge in [0.1, 0.15) is 34.9 Å². The Labute approximate surface area is 156 Å². The number of aliphatic hydroxyl groups excluding tert-OH is 3. The average molecular weight is 380 g/mol. The summed E-state index contributed by atoms with van der Waals surface area (Å²) in [5, 5.41) is 28.8. The highest BCUT2D eigenvalue weighted by atomic mass is 16.7. The van der Waals surface area contributed by atoms with Gasteiger partial charge in [-0.05, 0) is 26.0 Å². The number of ether oxygens (including phenoxy) is 4. The fourth-order valence-electron chi connectivity index (χ4n) is 3.06. The van der Waals surface area contributed by atoms with Gasteiger partial charge in [0, 0.05) is 18.1 Å². The fourth-order valence-corrected chi connectivity index (χ4v) is 3.06. The van der Waals surface area contributed by atoms with Gasteiger partial charge in [-0.1, -0.05) is 6.08 Å². The van der Waals surface area contributed by atoms with Gasteiger partial charge in [0.15, 0.2) is 0 Å². The molecule has 2 aliphatic rings. The molecule has 27 heavy (non-hydrogen) atoms. The molecule has 1 aromatic rings. The van der Waals surface area contributed by atoms with Gasteiger partial charge in [-0.2, -0.15) is 0 Å². The number of fused-ring (bicyclic) bond motifs is 1. The molecule has 1 saturated heterocycles. The minimum Gasteiger partial charge on any atom is -0.496 e. The number of esters is 1. The molecular formula is C19H24O8. The van der Waals surface area contributed by atoms with E-state index >= 15 is 0 Å². The number of hydrogen-bond donors (Lipinski definition) is 3. The highest BCUT2D eigenvalue weighted by molar-refractivity contribution is 5.94. The van der Waals surface area contributed by atoms with E-state index in [0.717, 1.165) is 0 Å². The molecule has 0 unspecified atom stereocenters. The van der Waals surface area contributed by atoms with Crippen LogP contribution in [-0.2, 0) is 9.47 Å². The summed E-state index contributed by atoms with van der Waals surface area (Å²) >= 11 is 0. The van der Waals surface area contributed by atoms with E-state index in [1.54, 1.807) is 12.1 Å². The van der Waals surface area contributed by atoms with E-state index in [1.807, 2.05) is 26.0 Å². The van der Waals surface area contributed by atoms with E-state index < -0.39 is 42.8 Å². The van der Waals surface area contributed by atoms with E-state index in [0.29, 0.717) is 11.3 Å². The largest absolute Gasteiger partial charge is 0.496 e. The fraction of sp³-hybridized carbons (Fsp3) is 0.526. The first kappa shape index (κ1) is 19.6. The Balaban J connectivity index is 1.81. The van der Waals surface area contributed by atoms with Crippen molar-refractivity contribution in [2.45, 2.75) is 50.5 Å². The van der Waals surface area contributed by atoms with E-state index in [-0.39, 0.29) is 17.7 Å². The van der Waals surface area contributed by atoms with E-state index in [9.17, 15) is 20.1 Å². The van der Waals surface area contributed by atoms with Gasteiger partial charge in [0.05, 0.1) is 19.8 Å². The molecule has 2 heterocycles. The zero-order valence-corrected chi connectivity index (χ0v) is 15.4. The molecule has 1 fully saturated rings. The average Bonchev–Trinajstić information content (AvgIpc) is 2.62. The van der Waals surface area contributed by atoms with Crippen molar-refractivity contribution in [3.8, 4) is 11.5 Å². The van der Waals surface area contributed by atoms with Crippen molar-refractivity contribution in [2.75, 3.05) is 13.7 Å². The molecule has 0 radical (unpaired) electrons. The van der Waals surface area contributed by atoms with E-state index in [4.69, 9.17) is 18.9 Å². The Hall–Kier alpha value is -2.13. The Bertz CT molecular complexity index is 741. The third kappa shape index (κ3) is 4.08. The SMILES string of the molecule is COc1cc2c(cc1C(=O)O[C@@H]1C[C@@H](O)[C@H](O)[C@H](CO)O1)C=CC(C)(C)O2. The number of carbonyl (C=O) groups is 1. The van der Waals surface area contributed by atoms with Crippen molar-refractivity contribution in [2.24, 2.45) is 0 Å².